The van der Waals surface area contributed by atoms with E-state index >= 15 is 0 Å². The Labute approximate surface area is 165 Å². The maximum absolute atomic E-state index is 12.6. The highest BCUT2D eigenvalue weighted by molar-refractivity contribution is 6.03. The molecule has 1 aromatic heterocycles. The number of para-hydroxylation sites is 3. The Morgan fingerprint density at radius 3 is 2.71 bits per heavy atom. The quantitative estimate of drug-likeness (QED) is 0.697. The summed E-state index contributed by atoms with van der Waals surface area (Å²) in [5.74, 6) is 0.394. The Morgan fingerprint density at radius 2 is 1.93 bits per heavy atom. The summed E-state index contributed by atoms with van der Waals surface area (Å²) in [4.78, 5) is 19.3. The molecule has 1 aliphatic heterocycles. The Morgan fingerprint density at radius 1 is 1.14 bits per heavy atom. The minimum atomic E-state index is -0.256. The van der Waals surface area contributed by atoms with Gasteiger partial charge in [-0.15, -0.1) is 0 Å². The van der Waals surface area contributed by atoms with Crippen LogP contribution < -0.4 is 15.0 Å². The van der Waals surface area contributed by atoms with E-state index in [1.165, 1.54) is 11.3 Å². The zero-order valence-electron chi connectivity index (χ0n) is 16.1. The molecule has 1 unspecified atom stereocenters. The molecule has 0 bridgehead atoms. The van der Waals surface area contributed by atoms with Crippen LogP contribution in [0.2, 0.25) is 0 Å². The maximum atomic E-state index is 12.6. The van der Waals surface area contributed by atoms with E-state index in [4.69, 9.17) is 4.74 Å². The van der Waals surface area contributed by atoms with Crippen molar-refractivity contribution >= 4 is 23.0 Å². The topological polar surface area (TPSA) is 54.5 Å². The zero-order valence-corrected chi connectivity index (χ0v) is 16.1. The van der Waals surface area contributed by atoms with Crippen molar-refractivity contribution in [3.8, 4) is 5.75 Å². The van der Waals surface area contributed by atoms with E-state index in [2.05, 4.69) is 46.4 Å². The third kappa shape index (κ3) is 3.43. The molecular formula is C23H23N3O2. The highest BCUT2D eigenvalue weighted by Crippen LogP contribution is 2.37. The van der Waals surface area contributed by atoms with E-state index in [1.54, 1.807) is 12.3 Å². The van der Waals surface area contributed by atoms with Gasteiger partial charge in [-0.2, -0.15) is 0 Å². The first-order chi connectivity index (χ1) is 13.7. The lowest BCUT2D eigenvalue weighted by atomic mass is 10.1. The first-order valence-corrected chi connectivity index (χ1v) is 9.53. The molecule has 0 fully saturated rings. The van der Waals surface area contributed by atoms with Crippen LogP contribution in [0, 0.1) is 0 Å². The van der Waals surface area contributed by atoms with Gasteiger partial charge in [0.2, 0.25) is 0 Å². The molecule has 5 heteroatoms. The van der Waals surface area contributed by atoms with E-state index in [0.717, 1.165) is 12.1 Å². The fraction of sp³-hybridized carbons (Fsp3) is 0.217. The molecule has 0 spiro atoms. The number of nitrogens with one attached hydrogen (secondary N) is 1. The van der Waals surface area contributed by atoms with Crippen LogP contribution in [0.25, 0.3) is 0 Å². The van der Waals surface area contributed by atoms with E-state index in [1.807, 2.05) is 37.3 Å². The number of aromatic nitrogens is 1. The van der Waals surface area contributed by atoms with Crippen molar-refractivity contribution in [2.45, 2.75) is 26.3 Å². The largest absolute Gasteiger partial charge is 0.492 e. The number of carbonyl (C=O) groups is 1. The van der Waals surface area contributed by atoms with E-state index < -0.39 is 0 Å². The summed E-state index contributed by atoms with van der Waals surface area (Å²) in [6.07, 6.45) is 2.77. The normalized spacial score (nSPS) is 15.2. The molecule has 4 rings (SSSR count). The van der Waals surface area contributed by atoms with Crippen molar-refractivity contribution in [2.75, 3.05) is 16.8 Å². The predicted molar refractivity (Wildman–Crippen MR) is 112 cm³/mol. The SMILES string of the molecule is CCOc1ccccc1NC(=O)c1ccc(N2c3ccccc3CC2C)cn1. The van der Waals surface area contributed by atoms with Gasteiger partial charge in [-0.05, 0) is 56.2 Å². The molecule has 1 atom stereocenters. The maximum Gasteiger partial charge on any atom is 0.274 e. The summed E-state index contributed by atoms with van der Waals surface area (Å²) in [5, 5.41) is 2.89. The van der Waals surface area contributed by atoms with Gasteiger partial charge in [-0.25, -0.2) is 4.98 Å². The molecule has 0 aliphatic carbocycles. The first kappa shape index (κ1) is 18.0. The second-order valence-corrected chi connectivity index (χ2v) is 6.84. The van der Waals surface area contributed by atoms with Gasteiger partial charge in [0.15, 0.2) is 0 Å². The number of anilines is 3. The van der Waals surface area contributed by atoms with Gasteiger partial charge in [-0.3, -0.25) is 4.79 Å². The van der Waals surface area contributed by atoms with E-state index in [0.29, 0.717) is 29.8 Å². The van der Waals surface area contributed by atoms with Crippen molar-refractivity contribution in [3.05, 3.63) is 78.1 Å². The highest BCUT2D eigenvalue weighted by atomic mass is 16.5. The Bertz CT molecular complexity index is 985. The monoisotopic (exact) mass is 373 g/mol. The van der Waals surface area contributed by atoms with Crippen LogP contribution in [0.15, 0.2) is 66.9 Å². The Balaban J connectivity index is 1.53. The van der Waals surface area contributed by atoms with Crippen LogP contribution in [0.4, 0.5) is 17.1 Å². The number of rotatable bonds is 5. The predicted octanol–water partition coefficient (Wildman–Crippen LogP) is 4.82. The number of carbonyl (C=O) groups excluding carboxylic acids is 1. The van der Waals surface area contributed by atoms with Gasteiger partial charge < -0.3 is 15.0 Å². The lowest BCUT2D eigenvalue weighted by Crippen LogP contribution is -2.24. The van der Waals surface area contributed by atoms with Gasteiger partial charge >= 0.3 is 0 Å². The molecule has 0 saturated heterocycles. The summed E-state index contributed by atoms with van der Waals surface area (Å²) < 4.78 is 5.56. The van der Waals surface area contributed by atoms with E-state index in [-0.39, 0.29) is 5.91 Å². The number of nitrogens with zero attached hydrogens (tertiary/aromatic N) is 2. The number of amides is 1. The van der Waals surface area contributed by atoms with Crippen molar-refractivity contribution in [2.24, 2.45) is 0 Å². The molecule has 1 N–H and O–H groups in total. The molecular weight excluding hydrogens is 350 g/mol. The minimum absolute atomic E-state index is 0.256. The molecule has 1 aliphatic rings. The van der Waals surface area contributed by atoms with Crippen molar-refractivity contribution < 1.29 is 9.53 Å². The zero-order chi connectivity index (χ0) is 19.5. The molecule has 3 aromatic rings. The Kier molecular flexibility index (Phi) is 4.98. The fourth-order valence-electron chi connectivity index (χ4n) is 3.66. The number of hydrogen-bond acceptors (Lipinski definition) is 4. The van der Waals surface area contributed by atoms with Gasteiger partial charge in [0, 0.05) is 11.7 Å². The van der Waals surface area contributed by atoms with Crippen LogP contribution in [-0.2, 0) is 6.42 Å². The molecule has 0 saturated carbocycles. The summed E-state index contributed by atoms with van der Waals surface area (Å²) in [7, 11) is 0. The fourth-order valence-corrected chi connectivity index (χ4v) is 3.66. The number of ether oxygens (including phenoxy) is 1. The minimum Gasteiger partial charge on any atom is -0.492 e. The number of fused-ring (bicyclic) bond motifs is 1. The first-order valence-electron chi connectivity index (χ1n) is 9.53. The lowest BCUT2D eigenvalue weighted by molar-refractivity contribution is 0.102. The number of pyridine rings is 1. The van der Waals surface area contributed by atoms with Gasteiger partial charge in [0.1, 0.15) is 11.4 Å². The van der Waals surface area contributed by atoms with Crippen molar-refractivity contribution in [1.29, 1.82) is 0 Å². The lowest BCUT2D eigenvalue weighted by Gasteiger charge is -2.24. The Hall–Kier alpha value is -3.34. The smallest absolute Gasteiger partial charge is 0.274 e. The third-order valence-corrected chi connectivity index (χ3v) is 4.90. The second kappa shape index (κ2) is 7.72. The molecule has 28 heavy (non-hydrogen) atoms. The van der Waals surface area contributed by atoms with Crippen LogP contribution >= 0.6 is 0 Å². The summed E-state index contributed by atoms with van der Waals surface area (Å²) in [6, 6.07) is 19.9. The average molecular weight is 373 g/mol. The summed E-state index contributed by atoms with van der Waals surface area (Å²) in [5.41, 5.74) is 4.55. The molecule has 2 aromatic carbocycles. The number of benzene rings is 2. The van der Waals surface area contributed by atoms with Gasteiger partial charge in [0.25, 0.3) is 5.91 Å². The van der Waals surface area contributed by atoms with Crippen LogP contribution in [0.3, 0.4) is 0 Å². The van der Waals surface area contributed by atoms with E-state index in [9.17, 15) is 4.79 Å². The molecule has 142 valence electrons. The highest BCUT2D eigenvalue weighted by Gasteiger charge is 2.27. The van der Waals surface area contributed by atoms with Crippen LogP contribution in [-0.4, -0.2) is 23.5 Å². The summed E-state index contributed by atoms with van der Waals surface area (Å²) in [6.45, 7) is 4.65. The van der Waals surface area contributed by atoms with Crippen molar-refractivity contribution in [3.63, 3.8) is 0 Å². The average Bonchev–Trinajstić information content (AvgIpc) is 3.05. The van der Waals surface area contributed by atoms with Gasteiger partial charge in [0.05, 0.1) is 24.2 Å². The standard InChI is InChI=1S/C23H23N3O2/c1-3-28-22-11-7-5-9-19(22)25-23(27)20-13-12-18(15-24-20)26-16(2)14-17-8-4-6-10-21(17)26/h4-13,15-16H,3,14H2,1-2H3,(H,25,27). The number of hydrogen-bond donors (Lipinski definition) is 1. The van der Waals surface area contributed by atoms with Crippen LogP contribution in [0.1, 0.15) is 29.9 Å². The molecule has 5 nitrogen and oxygen atoms in total. The molecule has 0 radical (unpaired) electrons. The van der Waals surface area contributed by atoms with Gasteiger partial charge in [-0.1, -0.05) is 30.3 Å². The summed E-state index contributed by atoms with van der Waals surface area (Å²) >= 11 is 0. The molecule has 1 amide bonds. The van der Waals surface area contributed by atoms with Crippen molar-refractivity contribution in [1.82, 2.24) is 4.98 Å². The van der Waals surface area contributed by atoms with Crippen LogP contribution in [0.5, 0.6) is 5.75 Å². The molecule has 2 heterocycles. The second-order valence-electron chi connectivity index (χ2n) is 6.84. The third-order valence-electron chi connectivity index (χ3n) is 4.90.